The Bertz CT molecular complexity index is 122. The molecular formula is C6H10N2. The molecule has 0 spiro atoms. The molecule has 2 heteroatoms. The van der Waals surface area contributed by atoms with E-state index in [0.717, 1.165) is 5.70 Å². The summed E-state index contributed by atoms with van der Waals surface area (Å²) in [5.74, 6) is 0. The molecule has 0 saturated heterocycles. The molecule has 0 bridgehead atoms. The van der Waals surface area contributed by atoms with Crippen LogP contribution in [0.1, 0.15) is 6.92 Å². The molecule has 0 fully saturated rings. The van der Waals surface area contributed by atoms with Crippen LogP contribution in [0.2, 0.25) is 0 Å². The Kier molecular flexibility index (Phi) is 3.76. The molecule has 0 saturated carbocycles. The second kappa shape index (κ2) is 4.24. The minimum absolute atomic E-state index is 0.877. The lowest BCUT2D eigenvalue weighted by Crippen LogP contribution is -1.61. The van der Waals surface area contributed by atoms with Gasteiger partial charge in [-0.15, -0.1) is 0 Å². The molecule has 0 aliphatic rings. The van der Waals surface area contributed by atoms with Crippen LogP contribution in [-0.4, -0.2) is 7.05 Å². The van der Waals surface area contributed by atoms with Crippen LogP contribution in [-0.2, 0) is 0 Å². The number of azo groups is 1. The van der Waals surface area contributed by atoms with E-state index in [4.69, 9.17) is 0 Å². The third-order valence-corrected chi connectivity index (χ3v) is 0.617. The second-order valence-corrected chi connectivity index (χ2v) is 1.34. The largest absolute Gasteiger partial charge is 0.192 e. The summed E-state index contributed by atoms with van der Waals surface area (Å²) < 4.78 is 0. The van der Waals surface area contributed by atoms with Crippen LogP contribution in [0, 0.1) is 0 Å². The first kappa shape index (κ1) is 7.08. The number of hydrogen-bond donors (Lipinski definition) is 0. The Morgan fingerprint density at radius 2 is 2.25 bits per heavy atom. The molecule has 44 valence electrons. The number of rotatable bonds is 2. The van der Waals surface area contributed by atoms with Crippen molar-refractivity contribution < 1.29 is 0 Å². The van der Waals surface area contributed by atoms with Crippen molar-refractivity contribution in [2.45, 2.75) is 6.92 Å². The molecule has 0 aliphatic heterocycles. The van der Waals surface area contributed by atoms with Crippen molar-refractivity contribution in [3.05, 3.63) is 24.4 Å². The molecule has 2 nitrogen and oxygen atoms in total. The minimum Gasteiger partial charge on any atom is -0.192 e. The van der Waals surface area contributed by atoms with Gasteiger partial charge in [-0.1, -0.05) is 12.7 Å². The van der Waals surface area contributed by atoms with Crippen molar-refractivity contribution in [2.75, 3.05) is 7.05 Å². The fraction of sp³-hybridized carbons (Fsp3) is 0.333. The highest BCUT2D eigenvalue weighted by atomic mass is 15.1. The Morgan fingerprint density at radius 3 is 2.62 bits per heavy atom. The number of allylic oxidation sites excluding steroid dienone is 3. The van der Waals surface area contributed by atoms with Gasteiger partial charge >= 0.3 is 0 Å². The van der Waals surface area contributed by atoms with Gasteiger partial charge < -0.3 is 0 Å². The summed E-state index contributed by atoms with van der Waals surface area (Å²) in [5, 5.41) is 7.29. The lowest BCUT2D eigenvalue weighted by atomic mass is 10.4. The Balaban J connectivity index is 3.79. The first-order valence-corrected chi connectivity index (χ1v) is 2.40. The molecule has 0 heterocycles. The summed E-state index contributed by atoms with van der Waals surface area (Å²) in [6.07, 6.45) is 3.48. The summed E-state index contributed by atoms with van der Waals surface area (Å²) in [6.45, 7) is 5.37. The third-order valence-electron chi connectivity index (χ3n) is 0.617. The monoisotopic (exact) mass is 110 g/mol. The highest BCUT2D eigenvalue weighted by Crippen LogP contribution is 1.92. The zero-order valence-corrected chi connectivity index (χ0v) is 5.26. The zero-order chi connectivity index (χ0) is 6.41. The van der Waals surface area contributed by atoms with Crippen molar-refractivity contribution in [2.24, 2.45) is 10.2 Å². The molecule has 0 amide bonds. The smallest absolute Gasteiger partial charge is 0.0595 e. The summed E-state index contributed by atoms with van der Waals surface area (Å²) in [5.41, 5.74) is 0.877. The maximum absolute atomic E-state index is 3.73. The molecule has 0 aromatic heterocycles. The molecule has 0 unspecified atom stereocenters. The van der Waals surface area contributed by atoms with E-state index in [2.05, 4.69) is 16.8 Å². The number of hydrogen-bond acceptors (Lipinski definition) is 2. The normalized spacial score (nSPS) is 12.5. The van der Waals surface area contributed by atoms with E-state index < -0.39 is 0 Å². The molecule has 0 atom stereocenters. The van der Waals surface area contributed by atoms with E-state index in [9.17, 15) is 0 Å². The summed E-state index contributed by atoms with van der Waals surface area (Å²) in [7, 11) is 1.64. The molecule has 0 aromatic carbocycles. The van der Waals surface area contributed by atoms with E-state index in [-0.39, 0.29) is 0 Å². The van der Waals surface area contributed by atoms with Crippen LogP contribution < -0.4 is 0 Å². The maximum Gasteiger partial charge on any atom is 0.0595 e. The predicted octanol–water partition coefficient (Wildman–Crippen LogP) is 2.16. The molecule has 0 N–H and O–H groups in total. The van der Waals surface area contributed by atoms with Crippen molar-refractivity contribution in [1.29, 1.82) is 0 Å². The van der Waals surface area contributed by atoms with Gasteiger partial charge in [0.25, 0.3) is 0 Å². The molecule has 0 radical (unpaired) electrons. The Labute approximate surface area is 49.6 Å². The third kappa shape index (κ3) is 3.28. The molecular weight excluding hydrogens is 100 g/mol. The first-order chi connectivity index (χ1) is 3.81. The molecule has 0 aliphatic carbocycles. The topological polar surface area (TPSA) is 24.7 Å². The summed E-state index contributed by atoms with van der Waals surface area (Å²) in [4.78, 5) is 0. The fourth-order valence-corrected chi connectivity index (χ4v) is 0.362. The van der Waals surface area contributed by atoms with Gasteiger partial charge in [-0.3, -0.25) is 0 Å². The van der Waals surface area contributed by atoms with Gasteiger partial charge in [0.1, 0.15) is 0 Å². The number of nitrogens with zero attached hydrogens (tertiary/aromatic N) is 2. The lowest BCUT2D eigenvalue weighted by Gasteiger charge is -1.81. The molecule has 0 rings (SSSR count). The molecule has 8 heavy (non-hydrogen) atoms. The second-order valence-electron chi connectivity index (χ2n) is 1.34. The van der Waals surface area contributed by atoms with Gasteiger partial charge in [-0.2, -0.15) is 10.2 Å². The first-order valence-electron chi connectivity index (χ1n) is 2.40. The minimum atomic E-state index is 0.877. The van der Waals surface area contributed by atoms with Crippen molar-refractivity contribution in [3.8, 4) is 0 Å². The quantitative estimate of drug-likeness (QED) is 0.384. The molecule has 0 aromatic rings. The van der Waals surface area contributed by atoms with Gasteiger partial charge in [0.05, 0.1) is 5.70 Å². The van der Waals surface area contributed by atoms with E-state index in [1.807, 2.05) is 6.92 Å². The van der Waals surface area contributed by atoms with E-state index in [1.54, 1.807) is 19.2 Å². The van der Waals surface area contributed by atoms with Crippen molar-refractivity contribution in [1.82, 2.24) is 0 Å². The predicted molar refractivity (Wildman–Crippen MR) is 34.7 cm³/mol. The van der Waals surface area contributed by atoms with Gasteiger partial charge in [-0.25, -0.2) is 0 Å². The van der Waals surface area contributed by atoms with Crippen molar-refractivity contribution >= 4 is 0 Å². The highest BCUT2D eigenvalue weighted by molar-refractivity contribution is 5.05. The van der Waals surface area contributed by atoms with Crippen LogP contribution in [0.25, 0.3) is 0 Å². The van der Waals surface area contributed by atoms with Gasteiger partial charge in [0, 0.05) is 7.05 Å². The SMILES string of the molecule is C=C/C=C(\C)N=NC. The Hall–Kier alpha value is -0.920. The maximum atomic E-state index is 3.73. The summed E-state index contributed by atoms with van der Waals surface area (Å²) in [6, 6.07) is 0. The summed E-state index contributed by atoms with van der Waals surface area (Å²) >= 11 is 0. The highest BCUT2D eigenvalue weighted by Gasteiger charge is 1.74. The van der Waals surface area contributed by atoms with E-state index in [1.165, 1.54) is 0 Å². The zero-order valence-electron chi connectivity index (χ0n) is 5.26. The van der Waals surface area contributed by atoms with Crippen LogP contribution in [0.5, 0.6) is 0 Å². The average molecular weight is 110 g/mol. The fourth-order valence-electron chi connectivity index (χ4n) is 0.362. The van der Waals surface area contributed by atoms with Gasteiger partial charge in [0.2, 0.25) is 0 Å². The average Bonchev–Trinajstić information content (AvgIpc) is 1.68. The lowest BCUT2D eigenvalue weighted by molar-refractivity contribution is 1.08. The van der Waals surface area contributed by atoms with E-state index >= 15 is 0 Å². The van der Waals surface area contributed by atoms with E-state index in [0.29, 0.717) is 0 Å². The standard InChI is InChI=1S/C6H10N2/c1-4-5-6(2)8-7-3/h4-5H,1H2,2-3H3/b6-5+,8-7?. The van der Waals surface area contributed by atoms with Crippen molar-refractivity contribution in [3.63, 3.8) is 0 Å². The van der Waals surface area contributed by atoms with Crippen LogP contribution in [0.4, 0.5) is 0 Å². The Morgan fingerprint density at radius 1 is 1.62 bits per heavy atom. The van der Waals surface area contributed by atoms with Crippen LogP contribution in [0.15, 0.2) is 34.7 Å². The van der Waals surface area contributed by atoms with Gasteiger partial charge in [0.15, 0.2) is 0 Å². The van der Waals surface area contributed by atoms with Crippen LogP contribution in [0.3, 0.4) is 0 Å². The van der Waals surface area contributed by atoms with Crippen LogP contribution >= 0.6 is 0 Å². The van der Waals surface area contributed by atoms with Gasteiger partial charge in [-0.05, 0) is 13.0 Å².